The topological polar surface area (TPSA) is 116 Å². The zero-order chi connectivity index (χ0) is 31.3. The third-order valence-electron chi connectivity index (χ3n) is 7.61. The van der Waals surface area contributed by atoms with Crippen LogP contribution < -0.4 is 15.2 Å². The predicted molar refractivity (Wildman–Crippen MR) is 170 cm³/mol. The Kier molecular flexibility index (Phi) is 7.47. The SMILES string of the molecule is Cc1ccc(S(=O)(=O)Nc2cc(Oc3ccc(C(C)(C)CC(C)(C)C)cc3)c(N)c3c2C(=O)c2ccccc2C3=O)cc1. The van der Waals surface area contributed by atoms with E-state index in [9.17, 15) is 18.0 Å². The molecule has 5 rings (SSSR count). The summed E-state index contributed by atoms with van der Waals surface area (Å²) in [5.74, 6) is -0.481. The largest absolute Gasteiger partial charge is 0.455 e. The van der Waals surface area contributed by atoms with Crippen molar-refractivity contribution in [2.24, 2.45) is 5.41 Å². The van der Waals surface area contributed by atoms with Crippen LogP contribution in [0, 0.1) is 12.3 Å². The van der Waals surface area contributed by atoms with Gasteiger partial charge in [0.1, 0.15) is 5.75 Å². The summed E-state index contributed by atoms with van der Waals surface area (Å²) < 4.78 is 35.6. The molecule has 0 fully saturated rings. The van der Waals surface area contributed by atoms with Crippen LogP contribution in [0.5, 0.6) is 11.5 Å². The van der Waals surface area contributed by atoms with Gasteiger partial charge in [0, 0.05) is 17.2 Å². The molecule has 0 bridgehead atoms. The van der Waals surface area contributed by atoms with Crippen LogP contribution in [0.1, 0.15) is 84.0 Å². The summed E-state index contributed by atoms with van der Waals surface area (Å²) in [5, 5.41) is 0. The molecule has 43 heavy (non-hydrogen) atoms. The molecule has 0 radical (unpaired) electrons. The molecule has 8 heteroatoms. The number of fused-ring (bicyclic) bond motifs is 2. The first-order valence-corrected chi connectivity index (χ1v) is 15.6. The number of nitrogen functional groups attached to an aromatic ring is 1. The molecule has 0 spiro atoms. The van der Waals surface area contributed by atoms with Gasteiger partial charge in [0.2, 0.25) is 0 Å². The Morgan fingerprint density at radius 3 is 1.91 bits per heavy atom. The number of anilines is 2. The van der Waals surface area contributed by atoms with Gasteiger partial charge >= 0.3 is 0 Å². The van der Waals surface area contributed by atoms with Crippen molar-refractivity contribution in [2.45, 2.75) is 58.3 Å². The molecule has 0 amide bonds. The molecule has 4 aromatic carbocycles. The lowest BCUT2D eigenvalue weighted by Gasteiger charge is -2.33. The number of benzene rings is 4. The number of rotatable bonds is 7. The number of hydrogen-bond acceptors (Lipinski definition) is 6. The van der Waals surface area contributed by atoms with Crippen LogP contribution in [-0.2, 0) is 15.4 Å². The molecule has 1 aliphatic carbocycles. The molecular weight excluding hydrogens is 560 g/mol. The van der Waals surface area contributed by atoms with Gasteiger partial charge in [-0.25, -0.2) is 8.42 Å². The molecule has 7 nitrogen and oxygen atoms in total. The molecule has 4 aromatic rings. The van der Waals surface area contributed by atoms with Crippen LogP contribution in [0.15, 0.2) is 83.8 Å². The van der Waals surface area contributed by atoms with Gasteiger partial charge < -0.3 is 10.5 Å². The fourth-order valence-electron chi connectivity index (χ4n) is 5.91. The number of hydrogen-bond donors (Lipinski definition) is 2. The Bertz CT molecular complexity index is 1850. The monoisotopic (exact) mass is 596 g/mol. The molecule has 1 aliphatic rings. The van der Waals surface area contributed by atoms with E-state index in [4.69, 9.17) is 10.5 Å². The molecule has 3 N–H and O–H groups in total. The first-order chi connectivity index (χ1) is 20.1. The molecule has 222 valence electrons. The number of ketones is 2. The van der Waals surface area contributed by atoms with Crippen LogP contribution >= 0.6 is 0 Å². The quantitative estimate of drug-likeness (QED) is 0.186. The maximum Gasteiger partial charge on any atom is 0.261 e. The van der Waals surface area contributed by atoms with Gasteiger partial charge in [0.25, 0.3) is 10.0 Å². The van der Waals surface area contributed by atoms with Gasteiger partial charge in [0.05, 0.1) is 27.4 Å². The smallest absolute Gasteiger partial charge is 0.261 e. The lowest BCUT2D eigenvalue weighted by molar-refractivity contribution is 0.0980. The zero-order valence-corrected chi connectivity index (χ0v) is 26.1. The summed E-state index contributed by atoms with van der Waals surface area (Å²) in [6, 6.07) is 21.7. The third kappa shape index (κ3) is 5.92. The second-order valence-electron chi connectivity index (χ2n) is 13.0. The minimum absolute atomic E-state index is 0.00888. The first-order valence-electron chi connectivity index (χ1n) is 14.1. The van der Waals surface area contributed by atoms with E-state index in [0.29, 0.717) is 5.75 Å². The van der Waals surface area contributed by atoms with Crippen LogP contribution in [0.25, 0.3) is 0 Å². The van der Waals surface area contributed by atoms with Crippen LogP contribution in [0.3, 0.4) is 0 Å². The summed E-state index contributed by atoms with van der Waals surface area (Å²) in [5.41, 5.74) is 8.65. The summed E-state index contributed by atoms with van der Waals surface area (Å²) >= 11 is 0. The Morgan fingerprint density at radius 2 is 1.35 bits per heavy atom. The van der Waals surface area contributed by atoms with Gasteiger partial charge in [0.15, 0.2) is 17.3 Å². The van der Waals surface area contributed by atoms with Crippen molar-refractivity contribution in [3.05, 3.63) is 112 Å². The molecule has 0 heterocycles. The highest BCUT2D eigenvalue weighted by Gasteiger charge is 2.36. The molecule has 0 saturated carbocycles. The van der Waals surface area contributed by atoms with Crippen LogP contribution in [-0.4, -0.2) is 20.0 Å². The van der Waals surface area contributed by atoms with Gasteiger partial charge in [-0.3, -0.25) is 14.3 Å². The Labute approximate surface area is 253 Å². The maximum absolute atomic E-state index is 13.7. The Hall–Kier alpha value is -4.43. The van der Waals surface area contributed by atoms with E-state index in [2.05, 4.69) is 39.3 Å². The van der Waals surface area contributed by atoms with E-state index < -0.39 is 21.6 Å². The lowest BCUT2D eigenvalue weighted by atomic mass is 9.72. The summed E-state index contributed by atoms with van der Waals surface area (Å²) in [6.45, 7) is 12.9. The molecule has 0 saturated heterocycles. The molecule has 0 unspecified atom stereocenters. The first kappa shape index (κ1) is 30.0. The number of ether oxygens (including phenoxy) is 1. The van der Waals surface area contributed by atoms with Crippen molar-refractivity contribution in [3.63, 3.8) is 0 Å². The standard InChI is InChI=1S/C35H36N2O5S/c1-21-11-17-24(18-12-21)43(40,41)37-27-19-28(42-23-15-13-22(14-16-23)35(5,6)20-34(2,3)4)31(36)30-29(27)32(38)25-9-7-8-10-26(25)33(30)39/h7-19,37H,20,36H2,1-6H3. The molecule has 0 aromatic heterocycles. The zero-order valence-electron chi connectivity index (χ0n) is 25.2. The second kappa shape index (κ2) is 10.7. The normalized spacial score (nSPS) is 13.3. The average Bonchev–Trinajstić information content (AvgIpc) is 2.92. The highest BCUT2D eigenvalue weighted by molar-refractivity contribution is 7.92. The minimum Gasteiger partial charge on any atom is -0.455 e. The highest BCUT2D eigenvalue weighted by Crippen LogP contribution is 2.43. The van der Waals surface area contributed by atoms with Crippen molar-refractivity contribution in [2.75, 3.05) is 10.5 Å². The number of aryl methyl sites for hydroxylation is 1. The van der Waals surface area contributed by atoms with E-state index in [1.807, 2.05) is 31.2 Å². The number of nitrogens with two attached hydrogens (primary N) is 1. The summed E-state index contributed by atoms with van der Waals surface area (Å²) in [6.07, 6.45) is 0.972. The summed E-state index contributed by atoms with van der Waals surface area (Å²) in [4.78, 5) is 27.4. The number of nitrogens with one attached hydrogen (secondary N) is 1. The highest BCUT2D eigenvalue weighted by atomic mass is 32.2. The van der Waals surface area contributed by atoms with Crippen molar-refractivity contribution in [1.82, 2.24) is 0 Å². The van der Waals surface area contributed by atoms with Crippen molar-refractivity contribution < 1.29 is 22.7 Å². The van der Waals surface area contributed by atoms with Gasteiger partial charge in [-0.1, -0.05) is 88.7 Å². The van der Waals surface area contributed by atoms with E-state index in [1.54, 1.807) is 36.4 Å². The van der Waals surface area contributed by atoms with Crippen molar-refractivity contribution in [1.29, 1.82) is 0 Å². The summed E-state index contributed by atoms with van der Waals surface area (Å²) in [7, 11) is -4.13. The van der Waals surface area contributed by atoms with E-state index >= 15 is 0 Å². The van der Waals surface area contributed by atoms with Crippen molar-refractivity contribution >= 4 is 33.0 Å². The number of carbonyl (C=O) groups is 2. The minimum atomic E-state index is -4.13. The van der Waals surface area contributed by atoms with Crippen LogP contribution in [0.4, 0.5) is 11.4 Å². The molecule has 0 atom stereocenters. The second-order valence-corrected chi connectivity index (χ2v) is 14.6. The number of carbonyl (C=O) groups excluding carboxylic acids is 2. The molecule has 0 aliphatic heterocycles. The Morgan fingerprint density at radius 1 is 0.791 bits per heavy atom. The van der Waals surface area contributed by atoms with Crippen molar-refractivity contribution in [3.8, 4) is 11.5 Å². The van der Waals surface area contributed by atoms with E-state index in [0.717, 1.165) is 17.5 Å². The third-order valence-corrected chi connectivity index (χ3v) is 8.99. The average molecular weight is 597 g/mol. The predicted octanol–water partition coefficient (Wildman–Crippen LogP) is 7.66. The van der Waals surface area contributed by atoms with Gasteiger partial charge in [-0.2, -0.15) is 0 Å². The Balaban J connectivity index is 1.60. The number of sulfonamides is 1. The van der Waals surface area contributed by atoms with Gasteiger partial charge in [-0.15, -0.1) is 0 Å². The van der Waals surface area contributed by atoms with Gasteiger partial charge in [-0.05, 0) is 54.0 Å². The van der Waals surface area contributed by atoms with E-state index in [-0.39, 0.29) is 55.1 Å². The van der Waals surface area contributed by atoms with E-state index in [1.165, 1.54) is 18.2 Å². The maximum atomic E-state index is 13.7. The fraction of sp³-hybridized carbons (Fsp3) is 0.257. The fourth-order valence-corrected chi connectivity index (χ4v) is 6.97. The van der Waals surface area contributed by atoms with Crippen LogP contribution in [0.2, 0.25) is 0 Å². The lowest BCUT2D eigenvalue weighted by Crippen LogP contribution is -2.25. The molecular formula is C35H36N2O5S.